The Morgan fingerprint density at radius 2 is 1.64 bits per heavy atom. The van der Waals surface area contributed by atoms with Crippen molar-refractivity contribution < 1.29 is 24.2 Å². The second-order valence-electron chi connectivity index (χ2n) is 8.53. The average molecular weight is 450 g/mol. The topological polar surface area (TPSA) is 82.6 Å². The Bertz CT molecular complexity index is 1100. The number of carbonyl (C=O) groups is 2. The van der Waals surface area contributed by atoms with Gasteiger partial charge in [-0.15, -0.1) is 0 Å². The maximum atomic E-state index is 13.6. The zero-order valence-electron chi connectivity index (χ0n) is 18.6. The number of carbonyl (C=O) groups excluding carboxylic acids is 2. The molecule has 8 heteroatoms. The lowest BCUT2D eigenvalue weighted by Crippen LogP contribution is -2.48. The van der Waals surface area contributed by atoms with E-state index in [1.807, 2.05) is 48.2 Å². The molecule has 0 unspecified atom stereocenters. The van der Waals surface area contributed by atoms with Crippen LogP contribution >= 0.6 is 0 Å². The molecule has 5 rings (SSSR count). The molecule has 2 amide bonds. The van der Waals surface area contributed by atoms with Crippen molar-refractivity contribution in [1.82, 2.24) is 14.7 Å². The number of aryl methyl sites for hydroxylation is 1. The summed E-state index contributed by atoms with van der Waals surface area (Å²) in [5.41, 5.74) is 3.57. The first-order valence-corrected chi connectivity index (χ1v) is 11.2. The second kappa shape index (κ2) is 8.88. The van der Waals surface area contributed by atoms with Crippen LogP contribution in [-0.2, 0) is 16.1 Å². The van der Waals surface area contributed by atoms with Crippen LogP contribution in [0.2, 0.25) is 0 Å². The maximum Gasteiger partial charge on any atom is 0.278 e. The van der Waals surface area contributed by atoms with Crippen LogP contribution in [-0.4, -0.2) is 77.7 Å². The first kappa shape index (κ1) is 21.5. The highest BCUT2D eigenvalue weighted by Crippen LogP contribution is 2.36. The van der Waals surface area contributed by atoms with E-state index in [1.54, 1.807) is 6.07 Å². The zero-order valence-corrected chi connectivity index (χ0v) is 18.6. The van der Waals surface area contributed by atoms with Crippen LogP contribution in [0.5, 0.6) is 11.5 Å². The first-order valence-electron chi connectivity index (χ1n) is 11.2. The normalized spacial score (nSPS) is 18.6. The minimum Gasteiger partial charge on any atom is -0.454 e. The third kappa shape index (κ3) is 4.07. The van der Waals surface area contributed by atoms with Crippen LogP contribution in [0.4, 0.5) is 0 Å². The number of rotatable bonds is 6. The predicted molar refractivity (Wildman–Crippen MR) is 121 cm³/mol. The summed E-state index contributed by atoms with van der Waals surface area (Å²) in [7, 11) is 0. The molecule has 0 bridgehead atoms. The van der Waals surface area contributed by atoms with E-state index in [2.05, 4.69) is 4.90 Å². The molecule has 172 valence electrons. The number of piperazine rings is 1. The van der Waals surface area contributed by atoms with E-state index in [0.29, 0.717) is 42.4 Å². The number of benzene rings is 2. The number of fused-ring (bicyclic) bond motifs is 1. The van der Waals surface area contributed by atoms with Crippen molar-refractivity contribution in [3.63, 3.8) is 0 Å². The summed E-state index contributed by atoms with van der Waals surface area (Å²) in [6.07, 6.45) is 0. The van der Waals surface area contributed by atoms with Gasteiger partial charge in [-0.05, 0) is 30.2 Å². The number of imide groups is 1. The standard InChI is InChI=1S/C25H27N3O5/c1-17-2-5-19(6-3-17)22-23(27-10-8-26(9-11-27)12-13-29)25(31)28(24(22)30)15-18-4-7-20-21(14-18)33-16-32-20/h2-7,14,29H,8-13,15-16H2,1H3. The molecule has 0 aromatic heterocycles. The van der Waals surface area contributed by atoms with Gasteiger partial charge in [0.25, 0.3) is 11.8 Å². The minimum absolute atomic E-state index is 0.109. The molecule has 3 aliphatic heterocycles. The highest BCUT2D eigenvalue weighted by molar-refractivity contribution is 6.35. The van der Waals surface area contributed by atoms with Gasteiger partial charge in [-0.1, -0.05) is 35.9 Å². The number of aliphatic hydroxyl groups is 1. The smallest absolute Gasteiger partial charge is 0.278 e. The van der Waals surface area contributed by atoms with E-state index in [0.717, 1.165) is 29.8 Å². The number of ether oxygens (including phenoxy) is 2. The van der Waals surface area contributed by atoms with Gasteiger partial charge >= 0.3 is 0 Å². The third-order valence-electron chi connectivity index (χ3n) is 6.37. The molecule has 33 heavy (non-hydrogen) atoms. The largest absolute Gasteiger partial charge is 0.454 e. The van der Waals surface area contributed by atoms with E-state index in [9.17, 15) is 14.7 Å². The molecule has 3 aliphatic rings. The Morgan fingerprint density at radius 3 is 2.36 bits per heavy atom. The average Bonchev–Trinajstić information content (AvgIpc) is 3.38. The fraction of sp³-hybridized carbons (Fsp3) is 0.360. The van der Waals surface area contributed by atoms with Crippen LogP contribution in [0, 0.1) is 6.92 Å². The van der Waals surface area contributed by atoms with Crippen LogP contribution in [0.3, 0.4) is 0 Å². The highest BCUT2D eigenvalue weighted by Gasteiger charge is 2.42. The maximum absolute atomic E-state index is 13.6. The van der Waals surface area contributed by atoms with Crippen molar-refractivity contribution in [2.45, 2.75) is 13.5 Å². The van der Waals surface area contributed by atoms with E-state index < -0.39 is 0 Å². The molecular formula is C25H27N3O5. The number of hydrogen-bond donors (Lipinski definition) is 1. The van der Waals surface area contributed by atoms with Crippen molar-refractivity contribution >= 4 is 17.4 Å². The van der Waals surface area contributed by atoms with Crippen molar-refractivity contribution in [1.29, 1.82) is 0 Å². The van der Waals surface area contributed by atoms with Gasteiger partial charge in [0.05, 0.1) is 18.7 Å². The summed E-state index contributed by atoms with van der Waals surface area (Å²) in [5.74, 6) is 0.731. The van der Waals surface area contributed by atoms with Crippen molar-refractivity contribution in [3.8, 4) is 11.5 Å². The summed E-state index contributed by atoms with van der Waals surface area (Å²) in [4.78, 5) is 32.7. The molecule has 1 N–H and O–H groups in total. The number of β-amino-alcohol motifs (C(OH)–C–C–N with tert-alkyl or cyclic N) is 1. The molecule has 2 aromatic rings. The summed E-state index contributed by atoms with van der Waals surface area (Å²) >= 11 is 0. The first-order chi connectivity index (χ1) is 16.0. The molecule has 3 heterocycles. The lowest BCUT2D eigenvalue weighted by molar-refractivity contribution is -0.138. The van der Waals surface area contributed by atoms with E-state index in [1.165, 1.54) is 4.90 Å². The summed E-state index contributed by atoms with van der Waals surface area (Å²) in [6.45, 7) is 5.77. The van der Waals surface area contributed by atoms with Crippen molar-refractivity contribution in [3.05, 3.63) is 64.9 Å². The second-order valence-corrected chi connectivity index (χ2v) is 8.53. The minimum atomic E-state index is -0.283. The summed E-state index contributed by atoms with van der Waals surface area (Å²) in [6, 6.07) is 13.2. The van der Waals surface area contributed by atoms with Gasteiger partial charge in [-0.2, -0.15) is 0 Å². The van der Waals surface area contributed by atoms with Gasteiger partial charge in [-0.25, -0.2) is 0 Å². The number of aliphatic hydroxyl groups excluding tert-OH is 1. The molecule has 0 atom stereocenters. The van der Waals surface area contributed by atoms with Gasteiger partial charge in [-0.3, -0.25) is 19.4 Å². The monoisotopic (exact) mass is 449 g/mol. The van der Waals surface area contributed by atoms with E-state index in [4.69, 9.17) is 9.47 Å². The van der Waals surface area contributed by atoms with Gasteiger partial charge < -0.3 is 19.5 Å². The lowest BCUT2D eigenvalue weighted by Gasteiger charge is -2.36. The van der Waals surface area contributed by atoms with Crippen LogP contribution in [0.15, 0.2) is 48.2 Å². The molecular weight excluding hydrogens is 422 g/mol. The number of hydrogen-bond acceptors (Lipinski definition) is 7. The molecule has 0 aliphatic carbocycles. The van der Waals surface area contributed by atoms with Crippen molar-refractivity contribution in [2.75, 3.05) is 46.1 Å². The summed E-state index contributed by atoms with van der Waals surface area (Å²) in [5, 5.41) is 9.23. The van der Waals surface area contributed by atoms with Crippen LogP contribution < -0.4 is 9.47 Å². The van der Waals surface area contributed by atoms with E-state index in [-0.39, 0.29) is 31.8 Å². The number of amides is 2. The third-order valence-corrected chi connectivity index (χ3v) is 6.37. The zero-order chi connectivity index (χ0) is 22.9. The lowest BCUT2D eigenvalue weighted by atomic mass is 10.0. The quantitative estimate of drug-likeness (QED) is 0.671. The van der Waals surface area contributed by atoms with Gasteiger partial charge in [0.2, 0.25) is 6.79 Å². The SMILES string of the molecule is Cc1ccc(C2=C(N3CCN(CCO)CC3)C(=O)N(Cc3ccc4c(c3)OCO4)C2=O)cc1. The molecule has 1 saturated heterocycles. The Hall–Kier alpha value is -3.36. The fourth-order valence-corrected chi connectivity index (χ4v) is 4.54. The Labute approximate surface area is 192 Å². The molecule has 0 radical (unpaired) electrons. The van der Waals surface area contributed by atoms with Gasteiger partial charge in [0.1, 0.15) is 5.70 Å². The van der Waals surface area contributed by atoms with Gasteiger partial charge in [0.15, 0.2) is 11.5 Å². The van der Waals surface area contributed by atoms with Gasteiger partial charge in [0, 0.05) is 32.7 Å². The van der Waals surface area contributed by atoms with Crippen LogP contribution in [0.25, 0.3) is 5.57 Å². The molecule has 1 fully saturated rings. The summed E-state index contributed by atoms with van der Waals surface area (Å²) < 4.78 is 10.8. The Morgan fingerprint density at radius 1 is 0.909 bits per heavy atom. The fourth-order valence-electron chi connectivity index (χ4n) is 4.54. The molecule has 0 saturated carbocycles. The molecule has 2 aromatic carbocycles. The van der Waals surface area contributed by atoms with Crippen LogP contribution in [0.1, 0.15) is 16.7 Å². The van der Waals surface area contributed by atoms with Crippen molar-refractivity contribution in [2.24, 2.45) is 0 Å². The molecule has 8 nitrogen and oxygen atoms in total. The highest BCUT2D eigenvalue weighted by atomic mass is 16.7. The van der Waals surface area contributed by atoms with E-state index >= 15 is 0 Å². The molecule has 0 spiro atoms. The number of nitrogens with zero attached hydrogens (tertiary/aromatic N) is 3. The Balaban J connectivity index is 1.45. The predicted octanol–water partition coefficient (Wildman–Crippen LogP) is 1.61. The Kier molecular flexibility index (Phi) is 5.78.